The van der Waals surface area contributed by atoms with Crippen molar-refractivity contribution in [3.05, 3.63) is 23.5 Å². The van der Waals surface area contributed by atoms with Gasteiger partial charge in [0.05, 0.1) is 6.26 Å². The molecule has 0 bridgehead atoms. The Bertz CT molecular complexity index is 496. The second-order valence-electron chi connectivity index (χ2n) is 4.02. The van der Waals surface area contributed by atoms with Gasteiger partial charge in [0.1, 0.15) is 11.5 Å². The second kappa shape index (κ2) is 4.04. The van der Waals surface area contributed by atoms with E-state index in [2.05, 4.69) is 12.0 Å². The molecule has 0 fully saturated rings. The Hall–Kier alpha value is -1.71. The Labute approximate surface area is 95.1 Å². The van der Waals surface area contributed by atoms with Crippen LogP contribution in [0.5, 0.6) is 0 Å². The minimum absolute atomic E-state index is 0.729. The SMILES string of the molecule is CCCc1c(-c2occc2C)nn(C)c1N. The zero-order chi connectivity index (χ0) is 11.7. The summed E-state index contributed by atoms with van der Waals surface area (Å²) in [4.78, 5) is 0. The maximum absolute atomic E-state index is 6.00. The number of rotatable bonds is 3. The highest BCUT2D eigenvalue weighted by atomic mass is 16.3. The van der Waals surface area contributed by atoms with Gasteiger partial charge in [-0.1, -0.05) is 13.3 Å². The number of aryl methyl sites for hydroxylation is 2. The Kier molecular flexibility index (Phi) is 2.73. The first-order valence-electron chi connectivity index (χ1n) is 5.51. The number of nitrogen functional groups attached to an aromatic ring is 1. The van der Waals surface area contributed by atoms with E-state index < -0.39 is 0 Å². The molecule has 2 heterocycles. The highest BCUT2D eigenvalue weighted by molar-refractivity contribution is 5.66. The molecule has 2 N–H and O–H groups in total. The van der Waals surface area contributed by atoms with Gasteiger partial charge < -0.3 is 10.2 Å². The first kappa shape index (κ1) is 10.8. The largest absolute Gasteiger partial charge is 0.462 e. The van der Waals surface area contributed by atoms with Crippen LogP contribution in [-0.4, -0.2) is 9.78 Å². The average molecular weight is 219 g/mol. The molecule has 0 spiro atoms. The standard InChI is InChI=1S/C12H17N3O/c1-4-5-9-10(14-15(3)12(9)13)11-8(2)6-7-16-11/h6-7H,4-5,13H2,1-3H3. The molecule has 0 saturated heterocycles. The summed E-state index contributed by atoms with van der Waals surface area (Å²) in [6.07, 6.45) is 3.66. The van der Waals surface area contributed by atoms with Crippen molar-refractivity contribution in [2.45, 2.75) is 26.7 Å². The van der Waals surface area contributed by atoms with E-state index in [0.29, 0.717) is 0 Å². The molecule has 0 aliphatic rings. The molecule has 2 rings (SSSR count). The lowest BCUT2D eigenvalue weighted by Gasteiger charge is -2.00. The van der Waals surface area contributed by atoms with Crippen molar-refractivity contribution >= 4 is 5.82 Å². The van der Waals surface area contributed by atoms with E-state index >= 15 is 0 Å². The van der Waals surface area contributed by atoms with Gasteiger partial charge in [0.15, 0.2) is 5.76 Å². The lowest BCUT2D eigenvalue weighted by Crippen LogP contribution is -1.99. The highest BCUT2D eigenvalue weighted by Crippen LogP contribution is 2.30. The van der Waals surface area contributed by atoms with E-state index in [1.165, 1.54) is 0 Å². The second-order valence-corrected chi connectivity index (χ2v) is 4.02. The van der Waals surface area contributed by atoms with Gasteiger partial charge in [-0.25, -0.2) is 0 Å². The van der Waals surface area contributed by atoms with E-state index in [1.54, 1.807) is 10.9 Å². The third kappa shape index (κ3) is 1.60. The number of nitrogens with two attached hydrogens (primary N) is 1. The molecule has 4 heteroatoms. The number of hydrogen-bond acceptors (Lipinski definition) is 3. The average Bonchev–Trinajstić information content (AvgIpc) is 2.77. The summed E-state index contributed by atoms with van der Waals surface area (Å²) >= 11 is 0. The van der Waals surface area contributed by atoms with Gasteiger partial charge >= 0.3 is 0 Å². The molecule has 2 aromatic rings. The van der Waals surface area contributed by atoms with Crippen LogP contribution in [0.4, 0.5) is 5.82 Å². The molecule has 0 unspecified atom stereocenters. The monoisotopic (exact) mass is 219 g/mol. The maximum atomic E-state index is 6.00. The van der Waals surface area contributed by atoms with Crippen molar-refractivity contribution in [2.75, 3.05) is 5.73 Å². The highest BCUT2D eigenvalue weighted by Gasteiger charge is 2.18. The predicted molar refractivity (Wildman–Crippen MR) is 64.1 cm³/mol. The van der Waals surface area contributed by atoms with Crippen molar-refractivity contribution < 1.29 is 4.42 Å². The predicted octanol–water partition coefficient (Wildman–Crippen LogP) is 2.52. The first-order valence-corrected chi connectivity index (χ1v) is 5.51. The van der Waals surface area contributed by atoms with Crippen LogP contribution in [0, 0.1) is 6.92 Å². The molecule has 2 aromatic heterocycles. The van der Waals surface area contributed by atoms with Crippen LogP contribution in [0.2, 0.25) is 0 Å². The number of hydrogen-bond donors (Lipinski definition) is 1. The van der Waals surface area contributed by atoms with E-state index in [4.69, 9.17) is 10.2 Å². The number of anilines is 1. The van der Waals surface area contributed by atoms with E-state index in [9.17, 15) is 0 Å². The fourth-order valence-electron chi connectivity index (χ4n) is 1.88. The molecule has 0 atom stereocenters. The number of furan rings is 1. The quantitative estimate of drug-likeness (QED) is 0.863. The van der Waals surface area contributed by atoms with Crippen molar-refractivity contribution in [1.29, 1.82) is 0 Å². The zero-order valence-electron chi connectivity index (χ0n) is 9.95. The lowest BCUT2D eigenvalue weighted by molar-refractivity contribution is 0.575. The molecule has 16 heavy (non-hydrogen) atoms. The lowest BCUT2D eigenvalue weighted by atomic mass is 10.1. The van der Waals surface area contributed by atoms with E-state index in [0.717, 1.165) is 41.2 Å². The number of nitrogens with zero attached hydrogens (tertiary/aromatic N) is 2. The topological polar surface area (TPSA) is 57.0 Å². The van der Waals surface area contributed by atoms with Gasteiger partial charge in [-0.2, -0.15) is 5.10 Å². The fourth-order valence-corrected chi connectivity index (χ4v) is 1.88. The summed E-state index contributed by atoms with van der Waals surface area (Å²) in [5, 5.41) is 4.43. The summed E-state index contributed by atoms with van der Waals surface area (Å²) < 4.78 is 7.18. The third-order valence-corrected chi connectivity index (χ3v) is 2.77. The van der Waals surface area contributed by atoms with Crippen LogP contribution in [-0.2, 0) is 13.5 Å². The minimum atomic E-state index is 0.729. The Balaban J connectivity index is 2.56. The molecule has 0 amide bonds. The Morgan fingerprint density at radius 2 is 2.25 bits per heavy atom. The van der Waals surface area contributed by atoms with Crippen molar-refractivity contribution in [1.82, 2.24) is 9.78 Å². The molecule has 0 aliphatic carbocycles. The molecular weight excluding hydrogens is 202 g/mol. The zero-order valence-corrected chi connectivity index (χ0v) is 9.95. The van der Waals surface area contributed by atoms with Crippen LogP contribution in [0.15, 0.2) is 16.7 Å². The maximum Gasteiger partial charge on any atom is 0.157 e. The fraction of sp³-hybridized carbons (Fsp3) is 0.417. The summed E-state index contributed by atoms with van der Waals surface area (Å²) in [6, 6.07) is 1.94. The van der Waals surface area contributed by atoms with Crippen LogP contribution in [0.3, 0.4) is 0 Å². The van der Waals surface area contributed by atoms with Crippen LogP contribution >= 0.6 is 0 Å². The van der Waals surface area contributed by atoms with Crippen LogP contribution < -0.4 is 5.73 Å². The van der Waals surface area contributed by atoms with Crippen molar-refractivity contribution in [3.63, 3.8) is 0 Å². The summed E-state index contributed by atoms with van der Waals surface area (Å²) in [5.41, 5.74) is 9.06. The van der Waals surface area contributed by atoms with Gasteiger partial charge in [-0.15, -0.1) is 0 Å². The van der Waals surface area contributed by atoms with Gasteiger partial charge in [0.2, 0.25) is 0 Å². The molecule has 0 aromatic carbocycles. The molecule has 86 valence electrons. The molecule has 4 nitrogen and oxygen atoms in total. The molecule has 0 radical (unpaired) electrons. The van der Waals surface area contributed by atoms with Crippen LogP contribution in [0.1, 0.15) is 24.5 Å². The molecular formula is C12H17N3O. The molecule has 0 saturated carbocycles. The summed E-state index contributed by atoms with van der Waals surface area (Å²) in [7, 11) is 1.86. The van der Waals surface area contributed by atoms with E-state index in [-0.39, 0.29) is 0 Å². The van der Waals surface area contributed by atoms with E-state index in [1.807, 2.05) is 20.0 Å². The number of aromatic nitrogens is 2. The Morgan fingerprint density at radius 1 is 1.50 bits per heavy atom. The Morgan fingerprint density at radius 3 is 2.81 bits per heavy atom. The molecule has 0 aliphatic heterocycles. The van der Waals surface area contributed by atoms with Crippen molar-refractivity contribution in [2.24, 2.45) is 7.05 Å². The van der Waals surface area contributed by atoms with Gasteiger partial charge in [0.25, 0.3) is 0 Å². The van der Waals surface area contributed by atoms with Crippen molar-refractivity contribution in [3.8, 4) is 11.5 Å². The summed E-state index contributed by atoms with van der Waals surface area (Å²) in [5.74, 6) is 1.56. The minimum Gasteiger partial charge on any atom is -0.462 e. The first-order chi connectivity index (χ1) is 7.65. The third-order valence-electron chi connectivity index (χ3n) is 2.77. The van der Waals surface area contributed by atoms with Crippen LogP contribution in [0.25, 0.3) is 11.5 Å². The van der Waals surface area contributed by atoms with Gasteiger partial charge in [-0.05, 0) is 25.0 Å². The smallest absolute Gasteiger partial charge is 0.157 e. The van der Waals surface area contributed by atoms with Gasteiger partial charge in [0, 0.05) is 12.6 Å². The summed E-state index contributed by atoms with van der Waals surface area (Å²) in [6.45, 7) is 4.14. The normalized spacial score (nSPS) is 10.9. The van der Waals surface area contributed by atoms with Gasteiger partial charge in [-0.3, -0.25) is 4.68 Å².